The first-order valence-corrected chi connectivity index (χ1v) is 7.79. The Bertz CT molecular complexity index is 473. The van der Waals surface area contributed by atoms with Crippen LogP contribution in [-0.4, -0.2) is 37.0 Å². The van der Waals surface area contributed by atoms with Crippen molar-refractivity contribution in [1.82, 2.24) is 4.90 Å². The number of carbonyl (C=O) groups is 1. The molecule has 1 unspecified atom stereocenters. The number of hydrogen-bond acceptors (Lipinski definition) is 3. The summed E-state index contributed by atoms with van der Waals surface area (Å²) in [6.07, 6.45) is 3.46. The highest BCUT2D eigenvalue weighted by Crippen LogP contribution is 2.25. The summed E-state index contributed by atoms with van der Waals surface area (Å²) in [5.74, 6) is 0.933. The molecule has 110 valence electrons. The smallest absolute Gasteiger partial charge is 0.244 e. The van der Waals surface area contributed by atoms with E-state index in [4.69, 9.17) is 4.74 Å². The van der Waals surface area contributed by atoms with Crippen LogP contribution in [0.15, 0.2) is 22.7 Å². The van der Waals surface area contributed by atoms with E-state index in [-0.39, 0.29) is 11.9 Å². The van der Waals surface area contributed by atoms with Gasteiger partial charge in [-0.25, -0.2) is 0 Å². The lowest BCUT2D eigenvalue weighted by Gasteiger charge is -2.29. The predicted molar refractivity (Wildman–Crippen MR) is 84.2 cm³/mol. The molecule has 1 aromatic carbocycles. The molecule has 0 aromatic heterocycles. The van der Waals surface area contributed by atoms with Crippen LogP contribution in [0.2, 0.25) is 0 Å². The molecule has 2 rings (SSSR count). The normalized spacial score (nSPS) is 16.6. The number of rotatable bonds is 4. The van der Waals surface area contributed by atoms with Crippen LogP contribution in [0.3, 0.4) is 0 Å². The fraction of sp³-hybridized carbons (Fsp3) is 0.533. The molecule has 1 aliphatic rings. The molecule has 0 spiro atoms. The van der Waals surface area contributed by atoms with Crippen molar-refractivity contribution in [3.63, 3.8) is 0 Å². The van der Waals surface area contributed by atoms with Gasteiger partial charge in [-0.3, -0.25) is 4.79 Å². The molecule has 0 saturated carbocycles. The fourth-order valence-corrected chi connectivity index (χ4v) is 2.94. The number of likely N-dealkylation sites (tertiary alicyclic amines) is 1. The molecule has 1 saturated heterocycles. The van der Waals surface area contributed by atoms with E-state index in [1.54, 1.807) is 7.11 Å². The zero-order chi connectivity index (χ0) is 14.5. The number of amides is 1. The lowest BCUT2D eigenvalue weighted by Crippen LogP contribution is -2.43. The van der Waals surface area contributed by atoms with Gasteiger partial charge >= 0.3 is 0 Å². The Morgan fingerprint density at radius 3 is 2.65 bits per heavy atom. The van der Waals surface area contributed by atoms with E-state index in [1.807, 2.05) is 30.0 Å². The van der Waals surface area contributed by atoms with Crippen molar-refractivity contribution in [2.24, 2.45) is 0 Å². The predicted octanol–water partition coefficient (Wildman–Crippen LogP) is 3.27. The van der Waals surface area contributed by atoms with E-state index in [0.717, 1.165) is 41.8 Å². The number of nitrogens with one attached hydrogen (secondary N) is 1. The minimum Gasteiger partial charge on any atom is -0.497 e. The number of nitrogens with zero attached hydrogens (tertiary/aromatic N) is 1. The Kier molecular flexibility index (Phi) is 5.29. The SMILES string of the molecule is COc1cc(Br)cc(NC(C)C(=O)N2CCCCC2)c1. The Balaban J connectivity index is 2.01. The van der Waals surface area contributed by atoms with Gasteiger partial charge in [0.1, 0.15) is 11.8 Å². The second-order valence-corrected chi connectivity index (χ2v) is 6.05. The average Bonchev–Trinajstić information content (AvgIpc) is 2.46. The number of piperidine rings is 1. The topological polar surface area (TPSA) is 41.6 Å². The molecule has 0 aliphatic carbocycles. The zero-order valence-electron chi connectivity index (χ0n) is 12.0. The summed E-state index contributed by atoms with van der Waals surface area (Å²) in [6.45, 7) is 3.67. The molecule has 1 amide bonds. The van der Waals surface area contributed by atoms with Gasteiger partial charge in [-0.2, -0.15) is 0 Å². The fourth-order valence-electron chi connectivity index (χ4n) is 2.46. The molecule has 1 atom stereocenters. The van der Waals surface area contributed by atoms with Gasteiger partial charge in [0.25, 0.3) is 0 Å². The molecule has 1 N–H and O–H groups in total. The summed E-state index contributed by atoms with van der Waals surface area (Å²) in [5, 5.41) is 3.25. The molecule has 0 bridgehead atoms. The largest absolute Gasteiger partial charge is 0.497 e. The first-order valence-electron chi connectivity index (χ1n) is 7.00. The zero-order valence-corrected chi connectivity index (χ0v) is 13.6. The third-order valence-corrected chi connectivity index (χ3v) is 3.99. The Morgan fingerprint density at radius 1 is 1.30 bits per heavy atom. The first kappa shape index (κ1) is 15.2. The maximum Gasteiger partial charge on any atom is 0.244 e. The highest BCUT2D eigenvalue weighted by atomic mass is 79.9. The minimum atomic E-state index is -0.230. The second kappa shape index (κ2) is 6.97. The molecule has 5 heteroatoms. The summed E-state index contributed by atoms with van der Waals surface area (Å²) < 4.78 is 6.16. The summed E-state index contributed by atoms with van der Waals surface area (Å²) in [5.41, 5.74) is 0.883. The van der Waals surface area contributed by atoms with E-state index in [0.29, 0.717) is 0 Å². The van der Waals surface area contributed by atoms with Gasteiger partial charge in [0, 0.05) is 29.3 Å². The monoisotopic (exact) mass is 340 g/mol. The first-order chi connectivity index (χ1) is 9.60. The number of methoxy groups -OCH3 is 1. The number of benzene rings is 1. The van der Waals surface area contributed by atoms with Crippen LogP contribution in [0, 0.1) is 0 Å². The lowest BCUT2D eigenvalue weighted by molar-refractivity contribution is -0.132. The number of halogens is 1. The summed E-state index contributed by atoms with van der Waals surface area (Å²) in [6, 6.07) is 5.50. The molecule has 1 heterocycles. The van der Waals surface area contributed by atoms with Gasteiger partial charge in [0.15, 0.2) is 0 Å². The molecule has 0 radical (unpaired) electrons. The standard InChI is InChI=1S/C15H21BrN2O2/c1-11(15(19)18-6-4-3-5-7-18)17-13-8-12(16)9-14(10-13)20-2/h8-11,17H,3-7H2,1-2H3. The lowest BCUT2D eigenvalue weighted by atomic mass is 10.1. The molecule has 1 aliphatic heterocycles. The average molecular weight is 341 g/mol. The van der Waals surface area contributed by atoms with Crippen LogP contribution < -0.4 is 10.1 Å². The summed E-state index contributed by atoms with van der Waals surface area (Å²) in [7, 11) is 1.63. The third-order valence-electron chi connectivity index (χ3n) is 3.53. The molecule has 4 nitrogen and oxygen atoms in total. The Morgan fingerprint density at radius 2 is 2.00 bits per heavy atom. The van der Waals surface area contributed by atoms with E-state index in [1.165, 1.54) is 6.42 Å². The molecule has 20 heavy (non-hydrogen) atoms. The number of carbonyl (C=O) groups excluding carboxylic acids is 1. The van der Waals surface area contributed by atoms with Gasteiger partial charge < -0.3 is 15.0 Å². The van der Waals surface area contributed by atoms with Crippen LogP contribution in [0.5, 0.6) is 5.75 Å². The van der Waals surface area contributed by atoms with Crippen molar-refractivity contribution < 1.29 is 9.53 Å². The van der Waals surface area contributed by atoms with Gasteiger partial charge in [-0.05, 0) is 38.3 Å². The van der Waals surface area contributed by atoms with Gasteiger partial charge in [-0.1, -0.05) is 15.9 Å². The third kappa shape index (κ3) is 3.88. The highest BCUT2D eigenvalue weighted by molar-refractivity contribution is 9.10. The van der Waals surface area contributed by atoms with Crippen LogP contribution in [0.4, 0.5) is 5.69 Å². The van der Waals surface area contributed by atoms with Crippen LogP contribution in [0.25, 0.3) is 0 Å². The van der Waals surface area contributed by atoms with Crippen molar-refractivity contribution in [3.8, 4) is 5.75 Å². The maximum atomic E-state index is 12.4. The molecular weight excluding hydrogens is 320 g/mol. The van der Waals surface area contributed by atoms with Gasteiger partial charge in [0.05, 0.1) is 7.11 Å². The van der Waals surface area contributed by atoms with Crippen LogP contribution in [0.1, 0.15) is 26.2 Å². The van der Waals surface area contributed by atoms with Crippen LogP contribution in [-0.2, 0) is 4.79 Å². The number of ether oxygens (including phenoxy) is 1. The summed E-state index contributed by atoms with van der Waals surface area (Å²) >= 11 is 3.44. The Labute approximate surface area is 128 Å². The van der Waals surface area contributed by atoms with Gasteiger partial charge in [0.2, 0.25) is 5.91 Å². The van der Waals surface area contributed by atoms with Crippen LogP contribution >= 0.6 is 15.9 Å². The van der Waals surface area contributed by atoms with E-state index in [9.17, 15) is 4.79 Å². The number of anilines is 1. The Hall–Kier alpha value is -1.23. The van der Waals surface area contributed by atoms with Crippen molar-refractivity contribution >= 4 is 27.5 Å². The number of hydrogen-bond donors (Lipinski definition) is 1. The van der Waals surface area contributed by atoms with Crippen molar-refractivity contribution in [2.75, 3.05) is 25.5 Å². The van der Waals surface area contributed by atoms with Crippen molar-refractivity contribution in [3.05, 3.63) is 22.7 Å². The minimum absolute atomic E-state index is 0.170. The molecule has 1 aromatic rings. The molecular formula is C15H21BrN2O2. The second-order valence-electron chi connectivity index (χ2n) is 5.13. The van der Waals surface area contributed by atoms with E-state index >= 15 is 0 Å². The van der Waals surface area contributed by atoms with Crippen molar-refractivity contribution in [1.29, 1.82) is 0 Å². The van der Waals surface area contributed by atoms with E-state index < -0.39 is 0 Å². The highest BCUT2D eigenvalue weighted by Gasteiger charge is 2.22. The molecule has 1 fully saturated rings. The van der Waals surface area contributed by atoms with Crippen molar-refractivity contribution in [2.45, 2.75) is 32.2 Å². The van der Waals surface area contributed by atoms with Gasteiger partial charge in [-0.15, -0.1) is 0 Å². The quantitative estimate of drug-likeness (QED) is 0.914. The van der Waals surface area contributed by atoms with E-state index in [2.05, 4.69) is 21.2 Å². The maximum absolute atomic E-state index is 12.4. The summed E-state index contributed by atoms with van der Waals surface area (Å²) in [4.78, 5) is 14.3.